The van der Waals surface area contributed by atoms with Crippen LogP contribution >= 0.6 is 11.6 Å². The maximum absolute atomic E-state index is 12.8. The summed E-state index contributed by atoms with van der Waals surface area (Å²) in [5.41, 5.74) is 6.27. The Kier molecular flexibility index (Phi) is 5.66. The Morgan fingerprint density at radius 2 is 1.86 bits per heavy atom. The molecule has 0 heterocycles. The Morgan fingerprint density at radius 1 is 1.24 bits per heavy atom. The molecule has 0 amide bonds. The number of rotatable bonds is 4. The van der Waals surface area contributed by atoms with Crippen LogP contribution in [0.25, 0.3) is 0 Å². The van der Waals surface area contributed by atoms with Crippen LogP contribution in [0.3, 0.4) is 0 Å². The summed E-state index contributed by atoms with van der Waals surface area (Å²) >= 11 is 6.01. The van der Waals surface area contributed by atoms with Gasteiger partial charge in [-0.15, -0.1) is 0 Å². The van der Waals surface area contributed by atoms with E-state index in [-0.39, 0.29) is 17.5 Å². The van der Waals surface area contributed by atoms with E-state index in [9.17, 15) is 8.42 Å². The predicted molar refractivity (Wildman–Crippen MR) is 85.8 cm³/mol. The molecule has 0 aliphatic heterocycles. The van der Waals surface area contributed by atoms with Gasteiger partial charge in [0.25, 0.3) is 0 Å². The van der Waals surface area contributed by atoms with Gasteiger partial charge in [0.15, 0.2) is 0 Å². The standard InChI is InChI=1S/C15H23ClN2O2S/c1-18(13-6-4-2-3-5-7-13)21(19,20)14-8-9-15(16)12(10-14)11-17/h8-10,13H,2-7,11,17H2,1H3. The molecule has 0 radical (unpaired) electrons. The summed E-state index contributed by atoms with van der Waals surface area (Å²) in [4.78, 5) is 0.277. The first kappa shape index (κ1) is 16.7. The zero-order chi connectivity index (χ0) is 15.5. The Morgan fingerprint density at radius 3 is 2.43 bits per heavy atom. The number of nitrogens with two attached hydrogens (primary N) is 1. The van der Waals surface area contributed by atoms with Gasteiger partial charge in [0.05, 0.1) is 4.90 Å². The van der Waals surface area contributed by atoms with Crippen LogP contribution in [0.5, 0.6) is 0 Å². The smallest absolute Gasteiger partial charge is 0.243 e. The third-order valence-electron chi connectivity index (χ3n) is 4.25. The lowest BCUT2D eigenvalue weighted by molar-refractivity contribution is 0.335. The quantitative estimate of drug-likeness (QED) is 0.862. The average molecular weight is 331 g/mol. The van der Waals surface area contributed by atoms with Crippen molar-refractivity contribution in [3.05, 3.63) is 28.8 Å². The molecule has 118 valence electrons. The molecule has 0 spiro atoms. The minimum atomic E-state index is -3.49. The summed E-state index contributed by atoms with van der Waals surface area (Å²) in [6.07, 6.45) is 6.46. The summed E-state index contributed by atoms with van der Waals surface area (Å²) in [5.74, 6) is 0. The molecule has 0 aromatic heterocycles. The van der Waals surface area contributed by atoms with Crippen LogP contribution in [-0.4, -0.2) is 25.8 Å². The number of halogens is 1. The zero-order valence-electron chi connectivity index (χ0n) is 12.4. The molecule has 4 nitrogen and oxygen atoms in total. The fourth-order valence-corrected chi connectivity index (χ4v) is 4.51. The van der Waals surface area contributed by atoms with Crippen molar-refractivity contribution in [3.8, 4) is 0 Å². The normalized spacial score (nSPS) is 17.9. The van der Waals surface area contributed by atoms with Crippen molar-refractivity contribution in [2.75, 3.05) is 7.05 Å². The Hall–Kier alpha value is -0.620. The zero-order valence-corrected chi connectivity index (χ0v) is 14.0. The molecule has 1 aromatic rings. The monoisotopic (exact) mass is 330 g/mol. The van der Waals surface area contributed by atoms with E-state index < -0.39 is 10.0 Å². The Balaban J connectivity index is 2.27. The van der Waals surface area contributed by atoms with Crippen LogP contribution in [0, 0.1) is 0 Å². The van der Waals surface area contributed by atoms with Crippen LogP contribution in [0.1, 0.15) is 44.1 Å². The highest BCUT2D eigenvalue weighted by Crippen LogP contribution is 2.27. The van der Waals surface area contributed by atoms with Crippen LogP contribution in [-0.2, 0) is 16.6 Å². The fourth-order valence-electron chi connectivity index (χ4n) is 2.85. The lowest BCUT2D eigenvalue weighted by Crippen LogP contribution is -2.36. The van der Waals surface area contributed by atoms with E-state index in [0.717, 1.165) is 25.7 Å². The van der Waals surface area contributed by atoms with Gasteiger partial charge >= 0.3 is 0 Å². The SMILES string of the molecule is CN(C1CCCCCC1)S(=O)(=O)c1ccc(Cl)c(CN)c1. The van der Waals surface area contributed by atoms with Gasteiger partial charge in [-0.3, -0.25) is 0 Å². The molecule has 1 aliphatic carbocycles. The van der Waals surface area contributed by atoms with Gasteiger partial charge in [0, 0.05) is 24.7 Å². The van der Waals surface area contributed by atoms with Gasteiger partial charge in [-0.05, 0) is 36.6 Å². The van der Waals surface area contributed by atoms with E-state index in [2.05, 4.69) is 0 Å². The molecule has 1 saturated carbocycles. The molecule has 1 aromatic carbocycles. The van der Waals surface area contributed by atoms with E-state index in [1.165, 1.54) is 17.1 Å². The molecule has 0 bridgehead atoms. The van der Waals surface area contributed by atoms with Gasteiger partial charge in [-0.25, -0.2) is 8.42 Å². The molecular formula is C15H23ClN2O2S. The van der Waals surface area contributed by atoms with Crippen molar-refractivity contribution in [2.24, 2.45) is 5.73 Å². The minimum Gasteiger partial charge on any atom is -0.326 e. The van der Waals surface area contributed by atoms with Crippen molar-refractivity contribution in [1.82, 2.24) is 4.31 Å². The number of benzene rings is 1. The summed E-state index contributed by atoms with van der Waals surface area (Å²) in [6.45, 7) is 0.231. The van der Waals surface area contributed by atoms with Gasteiger partial charge in [-0.2, -0.15) is 4.31 Å². The van der Waals surface area contributed by atoms with E-state index in [1.807, 2.05) is 0 Å². The van der Waals surface area contributed by atoms with Crippen LogP contribution in [0.2, 0.25) is 5.02 Å². The predicted octanol–water partition coefficient (Wildman–Crippen LogP) is 3.14. The van der Waals surface area contributed by atoms with E-state index >= 15 is 0 Å². The number of sulfonamides is 1. The Bertz CT molecular complexity index is 581. The van der Waals surface area contributed by atoms with Gasteiger partial charge in [0.1, 0.15) is 0 Å². The molecule has 1 aliphatic rings. The molecule has 6 heteroatoms. The second-order valence-corrected chi connectivity index (χ2v) is 8.03. The highest BCUT2D eigenvalue weighted by Gasteiger charge is 2.28. The molecule has 0 saturated heterocycles. The summed E-state index contributed by atoms with van der Waals surface area (Å²) in [7, 11) is -1.80. The van der Waals surface area contributed by atoms with Gasteiger partial charge < -0.3 is 5.73 Å². The lowest BCUT2D eigenvalue weighted by Gasteiger charge is -2.26. The molecule has 21 heavy (non-hydrogen) atoms. The average Bonchev–Trinajstić information content (AvgIpc) is 2.75. The van der Waals surface area contributed by atoms with Crippen LogP contribution < -0.4 is 5.73 Å². The summed E-state index contributed by atoms with van der Waals surface area (Å²) < 4.78 is 27.1. The topological polar surface area (TPSA) is 63.4 Å². The first-order valence-corrected chi connectivity index (χ1v) is 9.25. The molecule has 0 unspecified atom stereocenters. The molecule has 0 atom stereocenters. The number of hydrogen-bond donors (Lipinski definition) is 1. The first-order chi connectivity index (χ1) is 9.96. The lowest BCUT2D eigenvalue weighted by atomic mass is 10.1. The summed E-state index contributed by atoms with van der Waals surface area (Å²) in [5, 5.41) is 0.508. The largest absolute Gasteiger partial charge is 0.326 e. The van der Waals surface area contributed by atoms with Crippen LogP contribution in [0.15, 0.2) is 23.1 Å². The first-order valence-electron chi connectivity index (χ1n) is 7.43. The maximum Gasteiger partial charge on any atom is 0.243 e. The van der Waals surface area contributed by atoms with Gasteiger partial charge in [-0.1, -0.05) is 37.3 Å². The Labute approximate surface area is 132 Å². The third-order valence-corrected chi connectivity index (χ3v) is 6.53. The van der Waals surface area contributed by atoms with Crippen molar-refractivity contribution < 1.29 is 8.42 Å². The third kappa shape index (κ3) is 3.77. The maximum atomic E-state index is 12.8. The second-order valence-electron chi connectivity index (χ2n) is 5.62. The fraction of sp³-hybridized carbons (Fsp3) is 0.600. The summed E-state index contributed by atoms with van der Waals surface area (Å²) in [6, 6.07) is 4.85. The van der Waals surface area contributed by atoms with E-state index in [0.29, 0.717) is 10.6 Å². The second kappa shape index (κ2) is 7.09. The van der Waals surface area contributed by atoms with Crippen molar-refractivity contribution in [2.45, 2.75) is 56.0 Å². The molecule has 2 rings (SSSR count). The molecule has 2 N–H and O–H groups in total. The van der Waals surface area contributed by atoms with Crippen molar-refractivity contribution in [3.63, 3.8) is 0 Å². The van der Waals surface area contributed by atoms with Gasteiger partial charge in [0.2, 0.25) is 10.0 Å². The molecular weight excluding hydrogens is 308 g/mol. The van der Waals surface area contributed by atoms with Crippen LogP contribution in [0.4, 0.5) is 0 Å². The van der Waals surface area contributed by atoms with Crippen molar-refractivity contribution in [1.29, 1.82) is 0 Å². The minimum absolute atomic E-state index is 0.0921. The highest BCUT2D eigenvalue weighted by molar-refractivity contribution is 7.89. The van der Waals surface area contributed by atoms with Crippen molar-refractivity contribution >= 4 is 21.6 Å². The highest BCUT2D eigenvalue weighted by atomic mass is 35.5. The van der Waals surface area contributed by atoms with E-state index in [1.54, 1.807) is 25.2 Å². The van der Waals surface area contributed by atoms with E-state index in [4.69, 9.17) is 17.3 Å². The molecule has 1 fully saturated rings. The number of hydrogen-bond acceptors (Lipinski definition) is 3. The number of nitrogens with zero attached hydrogens (tertiary/aromatic N) is 1.